The van der Waals surface area contributed by atoms with Crippen LogP contribution in [0.3, 0.4) is 0 Å². The number of nitrogens with two attached hydrogens (primary N) is 1. The highest BCUT2D eigenvalue weighted by atomic mass is 32.1. The molecule has 0 radical (unpaired) electrons. The van der Waals surface area contributed by atoms with Gasteiger partial charge in [-0.25, -0.2) is 23.7 Å². The summed E-state index contributed by atoms with van der Waals surface area (Å²) in [6, 6.07) is 12.3. The van der Waals surface area contributed by atoms with E-state index in [1.54, 1.807) is 0 Å². The number of thiophene rings is 1. The smallest absolute Gasteiger partial charge is 0.383 e. The number of hydrogen-bond acceptors (Lipinski definition) is 7. The van der Waals surface area contributed by atoms with Crippen molar-refractivity contribution in [3.05, 3.63) is 100 Å². The second-order valence-electron chi connectivity index (χ2n) is 9.10. The first-order chi connectivity index (χ1) is 19.5. The van der Waals surface area contributed by atoms with E-state index in [1.165, 1.54) is 30.7 Å². The van der Waals surface area contributed by atoms with E-state index < -0.39 is 35.3 Å². The third-order valence-electron chi connectivity index (χ3n) is 6.29. The zero-order valence-electron chi connectivity index (χ0n) is 21.3. The Morgan fingerprint density at radius 1 is 1.00 bits per heavy atom. The molecule has 13 heteroatoms. The highest BCUT2D eigenvalue weighted by molar-refractivity contribution is 7.15. The zero-order valence-corrected chi connectivity index (χ0v) is 22.1. The summed E-state index contributed by atoms with van der Waals surface area (Å²) in [6.45, 7) is 1.67. The first kappa shape index (κ1) is 27.9. The van der Waals surface area contributed by atoms with Gasteiger partial charge >= 0.3 is 6.18 Å². The Kier molecular flexibility index (Phi) is 7.54. The molecular formula is C28H21F5N6OS. The predicted molar refractivity (Wildman–Crippen MR) is 146 cm³/mol. The second-order valence-corrected chi connectivity index (χ2v) is 10.3. The summed E-state index contributed by atoms with van der Waals surface area (Å²) in [5, 5.41) is 6.18. The van der Waals surface area contributed by atoms with Crippen LogP contribution in [0.25, 0.3) is 21.3 Å². The number of nitrogen functional groups attached to an aromatic ring is 1. The van der Waals surface area contributed by atoms with E-state index in [4.69, 9.17) is 5.73 Å². The topological polar surface area (TPSA) is 106 Å². The lowest BCUT2D eigenvalue weighted by Crippen LogP contribution is -2.28. The van der Waals surface area contributed by atoms with Gasteiger partial charge in [-0.3, -0.25) is 4.79 Å². The number of nitrogens with one attached hydrogen (secondary N) is 2. The van der Waals surface area contributed by atoms with E-state index in [0.717, 1.165) is 27.5 Å². The molecule has 0 saturated heterocycles. The van der Waals surface area contributed by atoms with Gasteiger partial charge in [0.05, 0.1) is 29.2 Å². The minimum atomic E-state index is -4.73. The average Bonchev–Trinajstić information content (AvgIpc) is 3.42. The van der Waals surface area contributed by atoms with Crippen molar-refractivity contribution in [2.75, 3.05) is 11.1 Å². The fraction of sp³-hybridized carbons (Fsp3) is 0.143. The number of nitrogens with zero attached hydrogens (tertiary/aromatic N) is 3. The van der Waals surface area contributed by atoms with Crippen LogP contribution in [0.2, 0.25) is 0 Å². The van der Waals surface area contributed by atoms with Crippen molar-refractivity contribution >= 4 is 39.8 Å². The summed E-state index contributed by atoms with van der Waals surface area (Å²) >= 11 is 1.43. The van der Waals surface area contributed by atoms with Gasteiger partial charge in [0.25, 0.3) is 5.91 Å². The second kappa shape index (κ2) is 11.1. The summed E-state index contributed by atoms with van der Waals surface area (Å²) in [5.74, 6) is -2.75. The molecule has 5 aromatic rings. The van der Waals surface area contributed by atoms with E-state index in [9.17, 15) is 26.7 Å². The number of aromatic nitrogens is 3. The van der Waals surface area contributed by atoms with Gasteiger partial charge in [-0.2, -0.15) is 13.2 Å². The molecule has 5 rings (SSSR count). The maximum Gasteiger partial charge on any atom is 0.417 e. The molecule has 1 atom stereocenters. The zero-order chi connectivity index (χ0) is 29.3. The molecule has 1 amide bonds. The fourth-order valence-corrected chi connectivity index (χ4v) is 5.05. The molecule has 0 aliphatic carbocycles. The number of pyridine rings is 1. The highest BCUT2D eigenvalue weighted by Gasteiger charge is 2.33. The predicted octanol–water partition coefficient (Wildman–Crippen LogP) is 6.74. The molecule has 0 bridgehead atoms. The fourth-order valence-electron chi connectivity index (χ4n) is 4.10. The number of halogens is 5. The van der Waals surface area contributed by atoms with Gasteiger partial charge in [-0.15, -0.1) is 11.3 Å². The average molecular weight is 585 g/mol. The van der Waals surface area contributed by atoms with Gasteiger partial charge in [-0.05, 0) is 60.5 Å². The number of alkyl halides is 3. The molecule has 41 heavy (non-hydrogen) atoms. The van der Waals surface area contributed by atoms with Crippen LogP contribution in [-0.4, -0.2) is 20.9 Å². The highest BCUT2D eigenvalue weighted by Crippen LogP contribution is 2.33. The summed E-state index contributed by atoms with van der Waals surface area (Å²) in [4.78, 5) is 26.9. The Bertz CT molecular complexity index is 1760. The third kappa shape index (κ3) is 6.09. The maximum absolute atomic E-state index is 13.7. The van der Waals surface area contributed by atoms with Gasteiger partial charge in [0.1, 0.15) is 18.0 Å². The lowest BCUT2D eigenvalue weighted by atomic mass is 10.1. The molecule has 2 aromatic carbocycles. The monoisotopic (exact) mass is 584 g/mol. The van der Waals surface area contributed by atoms with Gasteiger partial charge in [0, 0.05) is 21.3 Å². The summed E-state index contributed by atoms with van der Waals surface area (Å²) in [7, 11) is 0. The van der Waals surface area contributed by atoms with Crippen molar-refractivity contribution in [1.82, 2.24) is 20.3 Å². The quantitative estimate of drug-likeness (QED) is 0.183. The molecule has 3 aromatic heterocycles. The SMILES string of the molecule is C[C@H](NC(=O)c1cc(C(F)(F)F)cnc1NCc1ccc(-c2ccc3ncnc(N)c3c2)s1)c1ccc(F)c(F)c1. The Morgan fingerprint density at radius 3 is 2.56 bits per heavy atom. The number of carbonyl (C=O) groups excluding carboxylic acids is 1. The van der Waals surface area contributed by atoms with Crippen LogP contribution in [0, 0.1) is 11.6 Å². The van der Waals surface area contributed by atoms with Crippen molar-refractivity contribution in [3.63, 3.8) is 0 Å². The van der Waals surface area contributed by atoms with Crippen LogP contribution in [-0.2, 0) is 12.7 Å². The van der Waals surface area contributed by atoms with Crippen LogP contribution in [0.5, 0.6) is 0 Å². The van der Waals surface area contributed by atoms with Crippen LogP contribution < -0.4 is 16.4 Å². The Balaban J connectivity index is 1.36. The van der Waals surface area contributed by atoms with Crippen LogP contribution in [0.1, 0.15) is 39.3 Å². The molecule has 3 heterocycles. The van der Waals surface area contributed by atoms with Crippen molar-refractivity contribution in [2.45, 2.75) is 25.7 Å². The van der Waals surface area contributed by atoms with Crippen molar-refractivity contribution in [1.29, 1.82) is 0 Å². The molecule has 0 saturated carbocycles. The summed E-state index contributed by atoms with van der Waals surface area (Å²) < 4.78 is 67.2. The van der Waals surface area contributed by atoms with E-state index in [0.29, 0.717) is 29.0 Å². The summed E-state index contributed by atoms with van der Waals surface area (Å²) in [6.07, 6.45) is -2.71. The van der Waals surface area contributed by atoms with Crippen LogP contribution in [0.15, 0.2) is 67.1 Å². The minimum Gasteiger partial charge on any atom is -0.383 e. The molecule has 0 fully saturated rings. The molecule has 0 unspecified atom stereocenters. The number of hydrogen-bond donors (Lipinski definition) is 3. The third-order valence-corrected chi connectivity index (χ3v) is 7.43. The molecule has 0 aliphatic rings. The first-order valence-corrected chi connectivity index (χ1v) is 13.0. The lowest BCUT2D eigenvalue weighted by molar-refractivity contribution is -0.137. The number of carbonyl (C=O) groups is 1. The Morgan fingerprint density at radius 2 is 1.80 bits per heavy atom. The summed E-state index contributed by atoms with van der Waals surface area (Å²) in [5.41, 5.74) is 6.34. The maximum atomic E-state index is 13.7. The number of rotatable bonds is 7. The molecule has 0 aliphatic heterocycles. The normalized spacial score (nSPS) is 12.3. The Labute approximate surface area is 234 Å². The van der Waals surface area contributed by atoms with Gasteiger partial charge in [0.2, 0.25) is 0 Å². The van der Waals surface area contributed by atoms with Gasteiger partial charge in [0.15, 0.2) is 11.6 Å². The van der Waals surface area contributed by atoms with Crippen molar-refractivity contribution in [3.8, 4) is 10.4 Å². The molecular weight excluding hydrogens is 563 g/mol. The molecule has 0 spiro atoms. The number of anilines is 2. The molecule has 210 valence electrons. The van der Waals surface area contributed by atoms with Crippen LogP contribution >= 0.6 is 11.3 Å². The van der Waals surface area contributed by atoms with E-state index in [-0.39, 0.29) is 23.5 Å². The number of benzene rings is 2. The van der Waals surface area contributed by atoms with Gasteiger partial charge in [-0.1, -0.05) is 12.1 Å². The first-order valence-electron chi connectivity index (χ1n) is 12.2. The van der Waals surface area contributed by atoms with Gasteiger partial charge < -0.3 is 16.4 Å². The van der Waals surface area contributed by atoms with Crippen molar-refractivity contribution < 1.29 is 26.7 Å². The van der Waals surface area contributed by atoms with E-state index >= 15 is 0 Å². The van der Waals surface area contributed by atoms with Crippen LogP contribution in [0.4, 0.5) is 33.6 Å². The standard InChI is InChI=1S/C28H21F5N6OS/c1-14(15-2-5-21(29)22(30)9-15)39-27(40)20-10-17(28(31,32)33)11-35-26(20)36-12-18-4-7-24(41-18)16-3-6-23-19(8-16)25(34)38-13-37-23/h2-11,13-14H,12H2,1H3,(H,35,36)(H,39,40)(H2,34,37,38)/t14-/m0/s1. The number of fused-ring (bicyclic) bond motifs is 1. The number of amides is 1. The minimum absolute atomic E-state index is 0.0708. The molecule has 4 N–H and O–H groups in total. The lowest BCUT2D eigenvalue weighted by Gasteiger charge is -2.17. The van der Waals surface area contributed by atoms with Crippen molar-refractivity contribution in [2.24, 2.45) is 0 Å². The molecule has 7 nitrogen and oxygen atoms in total. The largest absolute Gasteiger partial charge is 0.417 e. The van der Waals surface area contributed by atoms with E-state index in [1.807, 2.05) is 30.3 Å². The van der Waals surface area contributed by atoms with E-state index in [2.05, 4.69) is 25.6 Å². The Hall–Kier alpha value is -4.65.